The molecular weight excluding hydrogens is 540 g/mol. The van der Waals surface area contributed by atoms with Gasteiger partial charge in [-0.15, -0.1) is 0 Å². The Morgan fingerprint density at radius 2 is 1.50 bits per heavy atom. The second-order valence-electron chi connectivity index (χ2n) is 11.1. The van der Waals surface area contributed by atoms with Crippen molar-refractivity contribution < 1.29 is 38.5 Å². The largest absolute Gasteiger partial charge is 0.481 e. The summed E-state index contributed by atoms with van der Waals surface area (Å²) in [7, 11) is 0. The van der Waals surface area contributed by atoms with Crippen molar-refractivity contribution in [2.24, 2.45) is 11.8 Å². The Balaban J connectivity index is 0.00000144. The van der Waals surface area contributed by atoms with E-state index >= 15 is 0 Å². The Labute approximate surface area is 250 Å². The van der Waals surface area contributed by atoms with Crippen molar-refractivity contribution in [2.45, 2.75) is 111 Å². The van der Waals surface area contributed by atoms with Gasteiger partial charge in [0.05, 0.1) is 11.8 Å². The molecule has 2 aliphatic rings. The van der Waals surface area contributed by atoms with E-state index in [1.54, 1.807) is 12.1 Å². The second-order valence-corrected chi connectivity index (χ2v) is 11.1. The van der Waals surface area contributed by atoms with Crippen LogP contribution < -0.4 is 14.8 Å². The van der Waals surface area contributed by atoms with E-state index in [1.807, 2.05) is 33.8 Å². The van der Waals surface area contributed by atoms with Crippen molar-refractivity contribution in [3.63, 3.8) is 0 Å². The molecule has 0 radical (unpaired) electrons. The third kappa shape index (κ3) is 11.6. The molecule has 2 atom stereocenters. The minimum Gasteiger partial charge on any atom is -0.481 e. The zero-order valence-corrected chi connectivity index (χ0v) is 26.0. The molecule has 2 saturated heterocycles. The summed E-state index contributed by atoms with van der Waals surface area (Å²) in [6.07, 6.45) is 8.52. The van der Waals surface area contributed by atoms with Crippen LogP contribution in [0.3, 0.4) is 0 Å². The molecule has 10 heteroatoms. The molecule has 3 rings (SSSR count). The maximum absolute atomic E-state index is 12.7. The number of ether oxygens (including phenoxy) is 3. The first kappa shape index (κ1) is 35.1. The van der Waals surface area contributed by atoms with Gasteiger partial charge in [-0.3, -0.25) is 19.3 Å². The number of fused-ring (bicyclic) bond motifs is 1. The van der Waals surface area contributed by atoms with Crippen molar-refractivity contribution in [3.05, 3.63) is 23.8 Å². The van der Waals surface area contributed by atoms with Crippen LogP contribution in [0.15, 0.2) is 18.2 Å². The molecule has 2 aliphatic heterocycles. The number of carbonyl (C=O) groups is 4. The van der Waals surface area contributed by atoms with Gasteiger partial charge in [-0.1, -0.05) is 40.2 Å². The van der Waals surface area contributed by atoms with E-state index in [-0.39, 0.29) is 41.4 Å². The first-order chi connectivity index (χ1) is 20.1. The molecule has 42 heavy (non-hydrogen) atoms. The van der Waals surface area contributed by atoms with Crippen LogP contribution in [0.2, 0.25) is 0 Å². The standard InChI is InChI=1S/C30H46N2O6.C2H4O2/c1-5-22(6-2)28(33)37-26-15-12-21(19-27(26)38-29(34)23(7-3)8-4)16-17-31-30(35)36-25-14-13-24-11-9-10-18-32(24)20-25;1-2(3)4/h12,15,19,22-25H,5-11,13-14,16-18,20H2,1-4H3,(H,31,35);1H3,(H,3,4). The molecule has 0 bridgehead atoms. The Hall–Kier alpha value is -3.14. The van der Waals surface area contributed by atoms with Crippen LogP contribution in [-0.2, 0) is 25.5 Å². The number of alkyl carbamates (subject to hydrolysis) is 1. The summed E-state index contributed by atoms with van der Waals surface area (Å²) < 4.78 is 17.1. The summed E-state index contributed by atoms with van der Waals surface area (Å²) in [5.74, 6) is -1.46. The Morgan fingerprint density at radius 1 is 0.905 bits per heavy atom. The van der Waals surface area contributed by atoms with Gasteiger partial charge in [0.15, 0.2) is 11.5 Å². The molecule has 2 heterocycles. The van der Waals surface area contributed by atoms with Gasteiger partial charge < -0.3 is 24.6 Å². The van der Waals surface area contributed by atoms with Gasteiger partial charge >= 0.3 is 18.0 Å². The molecule has 1 aromatic carbocycles. The quantitative estimate of drug-likeness (QED) is 0.231. The van der Waals surface area contributed by atoms with Gasteiger partial charge in [-0.25, -0.2) is 4.79 Å². The van der Waals surface area contributed by atoms with E-state index in [4.69, 9.17) is 24.1 Å². The molecule has 2 unspecified atom stereocenters. The number of amides is 1. The van der Waals surface area contributed by atoms with Crippen LogP contribution in [0.1, 0.15) is 98.0 Å². The Bertz CT molecular complexity index is 1020. The highest BCUT2D eigenvalue weighted by molar-refractivity contribution is 5.78. The van der Waals surface area contributed by atoms with E-state index in [0.29, 0.717) is 44.7 Å². The third-order valence-corrected chi connectivity index (χ3v) is 8.03. The first-order valence-electron chi connectivity index (χ1n) is 15.6. The highest BCUT2D eigenvalue weighted by Crippen LogP contribution is 2.31. The summed E-state index contributed by atoms with van der Waals surface area (Å²) in [4.78, 5) is 49.2. The SMILES string of the molecule is CC(=O)O.CCC(CC)C(=O)Oc1ccc(CCNC(=O)OC2CCC3CCCCN3C2)cc1OC(=O)C(CC)CC. The molecule has 1 aromatic rings. The molecule has 10 nitrogen and oxygen atoms in total. The maximum atomic E-state index is 12.7. The van der Waals surface area contributed by atoms with Crippen LogP contribution in [0.25, 0.3) is 0 Å². The van der Waals surface area contributed by atoms with Gasteiger partial charge in [-0.05, 0) is 82.0 Å². The Morgan fingerprint density at radius 3 is 2.10 bits per heavy atom. The number of benzene rings is 1. The van der Waals surface area contributed by atoms with Crippen molar-refractivity contribution in [1.29, 1.82) is 0 Å². The van der Waals surface area contributed by atoms with E-state index < -0.39 is 12.1 Å². The smallest absolute Gasteiger partial charge is 0.407 e. The summed E-state index contributed by atoms with van der Waals surface area (Å²) in [5, 5.41) is 10.3. The highest BCUT2D eigenvalue weighted by Gasteiger charge is 2.31. The van der Waals surface area contributed by atoms with E-state index in [1.165, 1.54) is 19.3 Å². The lowest BCUT2D eigenvalue weighted by molar-refractivity contribution is -0.142. The third-order valence-electron chi connectivity index (χ3n) is 8.03. The predicted molar refractivity (Wildman–Crippen MR) is 160 cm³/mol. The predicted octanol–water partition coefficient (Wildman–Crippen LogP) is 5.75. The van der Waals surface area contributed by atoms with Gasteiger partial charge in [0.1, 0.15) is 6.10 Å². The van der Waals surface area contributed by atoms with E-state index in [2.05, 4.69) is 10.2 Å². The van der Waals surface area contributed by atoms with Gasteiger partial charge in [-0.2, -0.15) is 0 Å². The normalized spacial score (nSPS) is 18.4. The monoisotopic (exact) mass is 590 g/mol. The van der Waals surface area contributed by atoms with Crippen molar-refractivity contribution in [3.8, 4) is 11.5 Å². The Kier molecular flexibility index (Phi) is 15.4. The number of carboxylic acid groups (broad SMARTS) is 1. The van der Waals surface area contributed by atoms with E-state index in [9.17, 15) is 14.4 Å². The number of rotatable bonds is 12. The molecular formula is C32H50N2O8. The zero-order chi connectivity index (χ0) is 31.1. The van der Waals surface area contributed by atoms with Crippen molar-refractivity contribution >= 4 is 24.0 Å². The van der Waals surface area contributed by atoms with Gasteiger partial charge in [0.2, 0.25) is 0 Å². The molecule has 2 fully saturated rings. The summed E-state index contributed by atoms with van der Waals surface area (Å²) in [5.41, 5.74) is 0.855. The highest BCUT2D eigenvalue weighted by atomic mass is 16.6. The van der Waals surface area contributed by atoms with Crippen LogP contribution in [0.4, 0.5) is 4.79 Å². The molecule has 236 valence electrons. The fraction of sp³-hybridized carbons (Fsp3) is 0.688. The number of carboxylic acids is 1. The van der Waals surface area contributed by atoms with Crippen molar-refractivity contribution in [2.75, 3.05) is 19.6 Å². The van der Waals surface area contributed by atoms with Crippen LogP contribution in [-0.4, -0.2) is 65.8 Å². The fourth-order valence-electron chi connectivity index (χ4n) is 5.46. The van der Waals surface area contributed by atoms with Gasteiger partial charge in [0.25, 0.3) is 5.97 Å². The number of esters is 2. The number of carbonyl (C=O) groups excluding carboxylic acids is 3. The summed E-state index contributed by atoms with van der Waals surface area (Å²) in [6, 6.07) is 5.87. The number of aliphatic carboxylic acids is 1. The lowest BCUT2D eigenvalue weighted by Gasteiger charge is -2.42. The molecule has 0 spiro atoms. The van der Waals surface area contributed by atoms with Crippen LogP contribution in [0.5, 0.6) is 11.5 Å². The maximum Gasteiger partial charge on any atom is 0.407 e. The molecule has 2 N–H and O–H groups in total. The average Bonchev–Trinajstić information content (AvgIpc) is 2.95. The summed E-state index contributed by atoms with van der Waals surface area (Å²) >= 11 is 0. The summed E-state index contributed by atoms with van der Waals surface area (Å²) in [6.45, 7) is 11.2. The van der Waals surface area contributed by atoms with Crippen molar-refractivity contribution in [1.82, 2.24) is 10.2 Å². The average molecular weight is 591 g/mol. The number of hydrogen-bond donors (Lipinski definition) is 2. The second kappa shape index (κ2) is 18.4. The molecule has 0 saturated carbocycles. The molecule has 0 aliphatic carbocycles. The molecule has 1 amide bonds. The minimum absolute atomic E-state index is 0.0653. The first-order valence-corrected chi connectivity index (χ1v) is 15.6. The fourth-order valence-corrected chi connectivity index (χ4v) is 5.46. The number of nitrogens with one attached hydrogen (secondary N) is 1. The number of piperidine rings is 2. The topological polar surface area (TPSA) is 131 Å². The minimum atomic E-state index is -0.833. The van der Waals surface area contributed by atoms with Crippen LogP contribution in [0, 0.1) is 11.8 Å². The lowest BCUT2D eigenvalue weighted by atomic mass is 9.92. The zero-order valence-electron chi connectivity index (χ0n) is 26.0. The van der Waals surface area contributed by atoms with Crippen LogP contribution >= 0.6 is 0 Å². The molecule has 0 aromatic heterocycles. The lowest BCUT2D eigenvalue weighted by Crippen LogP contribution is -2.49. The number of nitrogens with zero attached hydrogens (tertiary/aromatic N) is 1. The number of hydrogen-bond acceptors (Lipinski definition) is 8. The van der Waals surface area contributed by atoms with E-state index in [0.717, 1.165) is 38.4 Å². The van der Waals surface area contributed by atoms with Gasteiger partial charge in [0, 0.05) is 26.1 Å².